The molecule has 0 aliphatic heterocycles. The topological polar surface area (TPSA) is 152 Å². The molecule has 2 aromatic carbocycles. The van der Waals surface area contributed by atoms with E-state index in [1.807, 2.05) is 0 Å². The first-order valence-corrected chi connectivity index (χ1v) is 20.4. The molecular formula is C37H31ClF7N9O3S. The molecule has 2 fully saturated rings. The number of carbonyl (C=O) groups is 1. The summed E-state index contributed by atoms with van der Waals surface area (Å²) in [6.07, 6.45) is -2.60. The lowest BCUT2D eigenvalue weighted by Gasteiger charge is -2.34. The average molecular weight is 850 g/mol. The number of imidazole rings is 1. The molecular weight excluding hydrogens is 819 g/mol. The van der Waals surface area contributed by atoms with Gasteiger partial charge in [0.1, 0.15) is 29.7 Å². The summed E-state index contributed by atoms with van der Waals surface area (Å²) in [5.41, 5.74) is -1.31. The summed E-state index contributed by atoms with van der Waals surface area (Å²) in [4.78, 5) is 26.8. The van der Waals surface area contributed by atoms with Crippen LogP contribution in [0.2, 0.25) is 5.02 Å². The highest BCUT2D eigenvalue weighted by Gasteiger charge is 2.63. The molecule has 3 aliphatic rings. The second-order valence-electron chi connectivity index (χ2n) is 15.1. The van der Waals surface area contributed by atoms with Gasteiger partial charge in [-0.1, -0.05) is 17.7 Å². The van der Waals surface area contributed by atoms with Crippen molar-refractivity contribution in [2.75, 3.05) is 11.0 Å². The van der Waals surface area contributed by atoms with Crippen molar-refractivity contribution in [3.05, 3.63) is 87.1 Å². The maximum Gasteiger partial charge on any atom is 0.435 e. The van der Waals surface area contributed by atoms with E-state index in [0.29, 0.717) is 38.7 Å². The minimum absolute atomic E-state index is 0.00905. The first-order chi connectivity index (χ1) is 27.3. The second kappa shape index (κ2) is 13.1. The van der Waals surface area contributed by atoms with Gasteiger partial charge < -0.3 is 10.3 Å². The summed E-state index contributed by atoms with van der Waals surface area (Å²) in [7, 11) is -2.30. The highest BCUT2D eigenvalue weighted by atomic mass is 35.5. The maximum atomic E-state index is 15.7. The van der Waals surface area contributed by atoms with Crippen molar-refractivity contribution in [1.29, 1.82) is 0 Å². The zero-order valence-corrected chi connectivity index (χ0v) is 31.9. The Morgan fingerprint density at radius 2 is 1.76 bits per heavy atom. The van der Waals surface area contributed by atoms with Crippen LogP contribution in [0.1, 0.15) is 77.6 Å². The number of aromatic amines is 1. The minimum Gasteiger partial charge on any atom is -0.346 e. The summed E-state index contributed by atoms with van der Waals surface area (Å²) >= 11 is 6.62. The van der Waals surface area contributed by atoms with Crippen molar-refractivity contribution >= 4 is 55.4 Å². The first-order valence-electron chi connectivity index (χ1n) is 18.1. The summed E-state index contributed by atoms with van der Waals surface area (Å²) in [6, 6.07) is 6.13. The number of pyridine rings is 1. The van der Waals surface area contributed by atoms with E-state index in [1.165, 1.54) is 17.8 Å². The van der Waals surface area contributed by atoms with Gasteiger partial charge in [0.2, 0.25) is 15.9 Å². The fraction of sp³-hybridized carbons (Fsp3) is 0.378. The van der Waals surface area contributed by atoms with E-state index in [9.17, 15) is 35.2 Å². The standard InChI is InChI=1S/C37H31ClF7N9O3S/c1-53-30-19(6-8-23(38)28(30)35(51-53)52-58(2,56)57)21-13-25-34(49-33(47-25)16-3-4-16)48-29(21)24(11-15-9-17(39)12-18(40)10-15)46-26(55)14-54-32-27(31(50-54)37(43,44)45)20-5-7-22(20)36(32,41)42/h6,8-10,12-13,16,20,22,24H,3-5,7,11,14H2,1-2H3,(H,46,55)(H,51,52)(H,47,48,49)/t20-,22+,24-/m0/s1. The first kappa shape index (κ1) is 38.3. The van der Waals surface area contributed by atoms with Crippen LogP contribution in [-0.4, -0.2) is 55.1 Å². The number of nitrogens with zero attached hydrogens (tertiary/aromatic N) is 6. The van der Waals surface area contributed by atoms with Crippen LogP contribution in [-0.2, 0) is 46.9 Å². The van der Waals surface area contributed by atoms with Crippen molar-refractivity contribution in [2.24, 2.45) is 13.0 Å². The number of aromatic nitrogens is 7. The van der Waals surface area contributed by atoms with Gasteiger partial charge in [-0.2, -0.15) is 32.1 Å². The Kier molecular flexibility index (Phi) is 8.67. The Hall–Kier alpha value is -5.24. The lowest BCUT2D eigenvalue weighted by molar-refractivity contribution is -0.144. The van der Waals surface area contributed by atoms with Crippen LogP contribution in [0, 0.1) is 17.6 Å². The molecule has 3 aliphatic carbocycles. The molecule has 6 aromatic rings. The normalized spacial score (nSPS) is 19.3. The van der Waals surface area contributed by atoms with Crippen molar-refractivity contribution in [3.8, 4) is 11.1 Å². The number of aryl methyl sites for hydroxylation is 1. The number of anilines is 1. The molecule has 21 heteroatoms. The Balaban J connectivity index is 1.20. The number of sulfonamides is 1. The number of carbonyl (C=O) groups excluding carboxylic acids is 1. The third-order valence-corrected chi connectivity index (χ3v) is 11.9. The molecule has 304 valence electrons. The van der Waals surface area contributed by atoms with E-state index < -0.39 is 81.0 Å². The van der Waals surface area contributed by atoms with Crippen LogP contribution in [0.25, 0.3) is 33.2 Å². The Bertz CT molecular complexity index is 2800. The summed E-state index contributed by atoms with van der Waals surface area (Å²) in [6.45, 7) is -1.05. The quantitative estimate of drug-likeness (QED) is 0.120. The van der Waals surface area contributed by atoms with Crippen LogP contribution >= 0.6 is 11.6 Å². The van der Waals surface area contributed by atoms with Gasteiger partial charge in [0, 0.05) is 41.6 Å². The van der Waals surface area contributed by atoms with Gasteiger partial charge >= 0.3 is 6.18 Å². The highest BCUT2D eigenvalue weighted by molar-refractivity contribution is 7.92. The molecule has 3 N–H and O–H groups in total. The van der Waals surface area contributed by atoms with Crippen molar-refractivity contribution in [1.82, 2.24) is 39.8 Å². The van der Waals surface area contributed by atoms with E-state index in [1.54, 1.807) is 12.1 Å². The predicted octanol–water partition coefficient (Wildman–Crippen LogP) is 7.61. The number of alkyl halides is 5. The van der Waals surface area contributed by atoms with Crippen molar-refractivity contribution in [3.63, 3.8) is 0 Å². The largest absolute Gasteiger partial charge is 0.435 e. The molecule has 3 atom stereocenters. The van der Waals surface area contributed by atoms with Gasteiger partial charge in [0.25, 0.3) is 5.92 Å². The van der Waals surface area contributed by atoms with Crippen molar-refractivity contribution in [2.45, 2.75) is 68.6 Å². The van der Waals surface area contributed by atoms with Crippen LogP contribution in [0.4, 0.5) is 36.6 Å². The lowest BCUT2D eigenvalue weighted by Crippen LogP contribution is -2.36. The van der Waals surface area contributed by atoms with Gasteiger partial charge in [-0.25, -0.2) is 27.2 Å². The van der Waals surface area contributed by atoms with Gasteiger partial charge in [-0.05, 0) is 67.9 Å². The van der Waals surface area contributed by atoms with E-state index in [2.05, 4.69) is 30.2 Å². The molecule has 9 rings (SSSR count). The maximum absolute atomic E-state index is 15.7. The Morgan fingerprint density at radius 1 is 1.03 bits per heavy atom. The SMILES string of the molecule is Cn1nc(NS(C)(=O)=O)c2c(Cl)ccc(-c3cc4[nH]c(C5CC5)nc4nc3[C@H](Cc3cc(F)cc(F)c3)NC(=O)Cn3nc(C(F)(F)F)c4c3C(F)(F)[C@@H]3CC[C@H]43)c21. The Morgan fingerprint density at radius 3 is 2.40 bits per heavy atom. The molecule has 0 radical (unpaired) electrons. The molecule has 0 bridgehead atoms. The summed E-state index contributed by atoms with van der Waals surface area (Å²) in [5.74, 6) is -8.32. The van der Waals surface area contributed by atoms with Crippen LogP contribution in [0.5, 0.6) is 0 Å². The molecule has 2 saturated carbocycles. The molecule has 0 unspecified atom stereocenters. The number of hydrogen-bond donors (Lipinski definition) is 3. The smallest absolute Gasteiger partial charge is 0.346 e. The average Bonchev–Trinajstić information content (AvgIpc) is 3.56. The van der Waals surface area contributed by atoms with E-state index in [-0.39, 0.29) is 58.3 Å². The molecule has 4 aromatic heterocycles. The molecule has 58 heavy (non-hydrogen) atoms. The van der Waals surface area contributed by atoms with Gasteiger partial charge in [-0.3, -0.25) is 18.9 Å². The highest BCUT2D eigenvalue weighted by Crippen LogP contribution is 2.64. The number of amides is 1. The third kappa shape index (κ3) is 6.53. The minimum atomic E-state index is -5.07. The monoisotopic (exact) mass is 849 g/mol. The number of halogens is 8. The third-order valence-electron chi connectivity index (χ3n) is 11.0. The summed E-state index contributed by atoms with van der Waals surface area (Å²) in [5, 5.41) is 10.9. The van der Waals surface area contributed by atoms with Crippen LogP contribution in [0.15, 0.2) is 36.4 Å². The summed E-state index contributed by atoms with van der Waals surface area (Å²) < 4.78 is 132. The molecule has 0 spiro atoms. The molecule has 4 heterocycles. The van der Waals surface area contributed by atoms with E-state index >= 15 is 8.78 Å². The van der Waals surface area contributed by atoms with E-state index in [0.717, 1.165) is 31.2 Å². The van der Waals surface area contributed by atoms with Gasteiger partial charge in [0.15, 0.2) is 17.2 Å². The fourth-order valence-electron chi connectivity index (χ4n) is 8.36. The zero-order valence-electron chi connectivity index (χ0n) is 30.4. The molecule has 12 nitrogen and oxygen atoms in total. The number of nitrogens with one attached hydrogen (secondary N) is 3. The van der Waals surface area contributed by atoms with Gasteiger partial charge in [0.05, 0.1) is 39.4 Å². The fourth-order valence-corrected chi connectivity index (χ4v) is 9.10. The Labute approximate surface area is 329 Å². The molecule has 1 amide bonds. The zero-order chi connectivity index (χ0) is 41.2. The number of hydrogen-bond acceptors (Lipinski definition) is 7. The van der Waals surface area contributed by atoms with Crippen LogP contribution in [0.3, 0.4) is 0 Å². The number of rotatable bonds is 10. The van der Waals surface area contributed by atoms with Crippen molar-refractivity contribution < 1.29 is 43.9 Å². The van der Waals surface area contributed by atoms with Gasteiger partial charge in [-0.15, -0.1) is 0 Å². The number of benzene rings is 2. The predicted molar refractivity (Wildman–Crippen MR) is 197 cm³/mol. The number of H-pyrrole nitrogens is 1. The number of fused-ring (bicyclic) bond motifs is 5. The second-order valence-corrected chi connectivity index (χ2v) is 17.3. The van der Waals surface area contributed by atoms with Crippen LogP contribution < -0.4 is 10.0 Å². The lowest BCUT2D eigenvalue weighted by atomic mass is 9.73. The molecule has 0 saturated heterocycles. The van der Waals surface area contributed by atoms with E-state index in [4.69, 9.17) is 16.6 Å².